The second-order valence-electron chi connectivity index (χ2n) is 12.7. The lowest BCUT2D eigenvalue weighted by Crippen LogP contribution is -2.60. The SMILES string of the molecule is CC[C@H](C)[C@H](CO)N1C(=O)[C@@H]2[C@@H]3C(=O)N(c4ccccc4)CC=C[C@]3(C)O[C@@]23C=CCN(CCN2CCOCC2)C(=O)C13. The molecule has 10 heteroatoms. The molecule has 0 aliphatic carbocycles. The van der Waals surface area contributed by atoms with E-state index in [4.69, 9.17) is 9.47 Å². The number of morpholine rings is 1. The van der Waals surface area contributed by atoms with E-state index < -0.39 is 35.1 Å². The molecule has 1 N–H and O–H groups in total. The number of hydrogen-bond acceptors (Lipinski definition) is 7. The first-order chi connectivity index (χ1) is 20.8. The molecular weight excluding hydrogens is 548 g/mol. The molecule has 0 aromatic heterocycles. The molecule has 7 atom stereocenters. The highest BCUT2D eigenvalue weighted by molar-refractivity contribution is 6.04. The fourth-order valence-corrected chi connectivity index (χ4v) is 7.81. The summed E-state index contributed by atoms with van der Waals surface area (Å²) in [5.74, 6) is -2.53. The number of benzene rings is 1. The number of carbonyl (C=O) groups excluding carboxylic acids is 3. The minimum Gasteiger partial charge on any atom is -0.394 e. The number of rotatable bonds is 8. The van der Waals surface area contributed by atoms with Gasteiger partial charge in [-0.05, 0) is 25.0 Å². The number of aliphatic hydroxyl groups is 1. The van der Waals surface area contributed by atoms with Crippen molar-refractivity contribution in [2.24, 2.45) is 17.8 Å². The van der Waals surface area contributed by atoms with E-state index >= 15 is 0 Å². The number of ether oxygens (including phenoxy) is 2. The van der Waals surface area contributed by atoms with Gasteiger partial charge in [-0.2, -0.15) is 0 Å². The van der Waals surface area contributed by atoms with Crippen molar-refractivity contribution in [3.8, 4) is 0 Å². The van der Waals surface area contributed by atoms with Crippen molar-refractivity contribution in [3.05, 3.63) is 54.6 Å². The lowest BCUT2D eigenvalue weighted by molar-refractivity contribution is -0.155. The number of anilines is 1. The Morgan fingerprint density at radius 1 is 0.953 bits per heavy atom. The summed E-state index contributed by atoms with van der Waals surface area (Å²) in [4.78, 5) is 51.3. The van der Waals surface area contributed by atoms with Gasteiger partial charge < -0.3 is 29.3 Å². The largest absolute Gasteiger partial charge is 0.394 e. The summed E-state index contributed by atoms with van der Waals surface area (Å²) in [5, 5.41) is 10.6. The molecule has 5 aliphatic rings. The Morgan fingerprint density at radius 2 is 1.67 bits per heavy atom. The van der Waals surface area contributed by atoms with Gasteiger partial charge in [0, 0.05) is 45.0 Å². The van der Waals surface area contributed by atoms with Gasteiger partial charge in [0.2, 0.25) is 17.7 Å². The third kappa shape index (κ3) is 4.92. The second kappa shape index (κ2) is 11.8. The normalized spacial score (nSPS) is 34.1. The molecule has 5 aliphatic heterocycles. The number of hydrogen-bond donors (Lipinski definition) is 1. The van der Waals surface area contributed by atoms with Gasteiger partial charge >= 0.3 is 0 Å². The second-order valence-corrected chi connectivity index (χ2v) is 12.7. The first-order valence-corrected chi connectivity index (χ1v) is 15.7. The van der Waals surface area contributed by atoms with Gasteiger partial charge in [0.25, 0.3) is 0 Å². The van der Waals surface area contributed by atoms with Crippen LogP contribution < -0.4 is 4.90 Å². The lowest BCUT2D eigenvalue weighted by Gasteiger charge is -2.41. The predicted octanol–water partition coefficient (Wildman–Crippen LogP) is 1.70. The number of amides is 3. The van der Waals surface area contributed by atoms with Gasteiger partial charge in [-0.25, -0.2) is 0 Å². The molecule has 3 saturated heterocycles. The zero-order chi connectivity index (χ0) is 30.4. The Morgan fingerprint density at radius 3 is 2.37 bits per heavy atom. The number of nitrogens with zero attached hydrogens (tertiary/aromatic N) is 4. The maximum absolute atomic E-state index is 14.7. The summed E-state index contributed by atoms with van der Waals surface area (Å²) in [7, 11) is 0. The number of likely N-dealkylation sites (tertiary alicyclic amines) is 1. The van der Waals surface area contributed by atoms with Crippen molar-refractivity contribution >= 4 is 23.4 Å². The zero-order valence-electron chi connectivity index (χ0n) is 25.4. The van der Waals surface area contributed by atoms with Gasteiger partial charge in [-0.3, -0.25) is 19.3 Å². The predicted molar refractivity (Wildman–Crippen MR) is 161 cm³/mol. The molecule has 3 amide bonds. The molecular formula is C33H44N4O6. The maximum atomic E-state index is 14.7. The number of carbonyl (C=O) groups is 3. The van der Waals surface area contributed by atoms with Crippen LogP contribution in [0.25, 0.3) is 0 Å². The molecule has 6 rings (SSSR count). The van der Waals surface area contributed by atoms with Crippen molar-refractivity contribution in [1.82, 2.24) is 14.7 Å². The molecule has 1 aromatic rings. The van der Waals surface area contributed by atoms with Gasteiger partial charge in [0.05, 0.1) is 43.3 Å². The van der Waals surface area contributed by atoms with Crippen LogP contribution in [0.1, 0.15) is 27.2 Å². The van der Waals surface area contributed by atoms with Crippen LogP contribution in [0.3, 0.4) is 0 Å². The van der Waals surface area contributed by atoms with Crippen LogP contribution >= 0.6 is 0 Å². The Hall–Kier alpha value is -3.05. The zero-order valence-corrected chi connectivity index (χ0v) is 25.4. The molecule has 10 nitrogen and oxygen atoms in total. The van der Waals surface area contributed by atoms with Crippen LogP contribution in [0, 0.1) is 17.8 Å². The first-order valence-electron chi connectivity index (χ1n) is 15.7. The molecule has 232 valence electrons. The highest BCUT2D eigenvalue weighted by atomic mass is 16.5. The van der Waals surface area contributed by atoms with Crippen LogP contribution in [-0.2, 0) is 23.9 Å². The average molecular weight is 593 g/mol. The van der Waals surface area contributed by atoms with Crippen LogP contribution in [-0.4, -0.2) is 120 Å². The Bertz CT molecular complexity index is 1280. The Labute approximate surface area is 253 Å². The van der Waals surface area contributed by atoms with Gasteiger partial charge in [-0.1, -0.05) is 62.8 Å². The van der Waals surface area contributed by atoms with Crippen LogP contribution in [0.2, 0.25) is 0 Å². The molecule has 1 aromatic carbocycles. The molecule has 3 fully saturated rings. The van der Waals surface area contributed by atoms with Crippen molar-refractivity contribution < 1.29 is 29.0 Å². The van der Waals surface area contributed by atoms with Crippen LogP contribution in [0.15, 0.2) is 54.6 Å². The monoisotopic (exact) mass is 592 g/mol. The van der Waals surface area contributed by atoms with E-state index in [1.165, 1.54) is 0 Å². The van der Waals surface area contributed by atoms with E-state index in [1.807, 2.05) is 75.4 Å². The Balaban J connectivity index is 1.41. The molecule has 0 radical (unpaired) electrons. The summed E-state index contributed by atoms with van der Waals surface area (Å²) in [6.45, 7) is 10.5. The lowest BCUT2D eigenvalue weighted by atomic mass is 9.74. The first kappa shape index (κ1) is 30.0. The van der Waals surface area contributed by atoms with Crippen molar-refractivity contribution in [2.75, 3.05) is 64.0 Å². The molecule has 0 bridgehead atoms. The fourth-order valence-electron chi connectivity index (χ4n) is 7.81. The average Bonchev–Trinajstić information content (AvgIpc) is 3.29. The van der Waals surface area contributed by atoms with Gasteiger partial charge in [0.1, 0.15) is 11.6 Å². The summed E-state index contributed by atoms with van der Waals surface area (Å²) in [6, 6.07) is 7.87. The van der Waals surface area contributed by atoms with E-state index in [0.29, 0.717) is 39.4 Å². The molecule has 43 heavy (non-hydrogen) atoms. The number of aliphatic hydroxyl groups excluding tert-OH is 1. The van der Waals surface area contributed by atoms with Crippen LogP contribution in [0.4, 0.5) is 5.69 Å². The minimum absolute atomic E-state index is 0.0661. The summed E-state index contributed by atoms with van der Waals surface area (Å²) in [5.41, 5.74) is -1.69. The topological polar surface area (TPSA) is 103 Å². The number of para-hydroxylation sites is 1. The molecule has 5 heterocycles. The molecule has 1 spiro atoms. The summed E-state index contributed by atoms with van der Waals surface area (Å²) >= 11 is 0. The Kier molecular flexibility index (Phi) is 8.23. The highest BCUT2D eigenvalue weighted by Gasteiger charge is 2.75. The molecule has 1 unspecified atom stereocenters. The quantitative estimate of drug-likeness (QED) is 0.459. The van der Waals surface area contributed by atoms with Crippen LogP contribution in [0.5, 0.6) is 0 Å². The minimum atomic E-state index is -1.35. The number of fused-ring (bicyclic) bond motifs is 2. The summed E-state index contributed by atoms with van der Waals surface area (Å²) in [6.07, 6.45) is 8.35. The van der Waals surface area contributed by atoms with E-state index in [2.05, 4.69) is 4.90 Å². The van der Waals surface area contributed by atoms with Crippen molar-refractivity contribution in [1.29, 1.82) is 0 Å². The van der Waals surface area contributed by atoms with Gasteiger partial charge in [-0.15, -0.1) is 0 Å². The smallest absolute Gasteiger partial charge is 0.249 e. The van der Waals surface area contributed by atoms with E-state index in [9.17, 15) is 19.5 Å². The van der Waals surface area contributed by atoms with Crippen molar-refractivity contribution in [3.63, 3.8) is 0 Å². The molecule has 0 saturated carbocycles. The maximum Gasteiger partial charge on any atom is 0.249 e. The summed E-state index contributed by atoms with van der Waals surface area (Å²) < 4.78 is 12.5. The highest BCUT2D eigenvalue weighted by Crippen LogP contribution is 2.58. The van der Waals surface area contributed by atoms with E-state index in [-0.39, 0.29) is 30.2 Å². The standard InChI is InChI=1S/C33H44N4O6/c1-4-23(2)25(22-38)37-28-31(41)35(17-16-34-18-20-42-21-19-34)14-9-13-33(28)27(30(37)40)26-29(39)36(24-10-6-5-7-11-24)15-8-12-32(26,3)43-33/h5-13,23,25-28,38H,4,14-22H2,1-3H3/t23-,25-,26+,27-,28?,32-,33-/m0/s1. The van der Waals surface area contributed by atoms with Crippen molar-refractivity contribution in [2.45, 2.75) is 50.5 Å². The fraction of sp³-hybridized carbons (Fsp3) is 0.606. The van der Waals surface area contributed by atoms with E-state index in [1.54, 1.807) is 14.7 Å². The van der Waals surface area contributed by atoms with Gasteiger partial charge in [0.15, 0.2) is 0 Å². The third-order valence-electron chi connectivity index (χ3n) is 10.3. The van der Waals surface area contributed by atoms with E-state index in [0.717, 1.165) is 25.2 Å². The third-order valence-corrected chi connectivity index (χ3v) is 10.3.